The van der Waals surface area contributed by atoms with Crippen molar-refractivity contribution < 1.29 is 0 Å². The first-order chi connectivity index (χ1) is 8.76. The van der Waals surface area contributed by atoms with Crippen LogP contribution in [-0.4, -0.2) is 13.6 Å². The molecule has 1 fully saturated rings. The van der Waals surface area contributed by atoms with Crippen LogP contribution in [0.2, 0.25) is 0 Å². The second-order valence-corrected chi connectivity index (χ2v) is 6.81. The van der Waals surface area contributed by atoms with Gasteiger partial charge in [0.15, 0.2) is 0 Å². The zero-order chi connectivity index (χ0) is 13.0. The van der Waals surface area contributed by atoms with Crippen molar-refractivity contribution in [3.05, 3.63) is 21.9 Å². The van der Waals surface area contributed by atoms with E-state index in [1.54, 1.807) is 4.88 Å². The topological polar surface area (TPSA) is 12.0 Å². The van der Waals surface area contributed by atoms with Crippen molar-refractivity contribution >= 4 is 11.3 Å². The molecule has 1 aliphatic rings. The first-order valence-corrected chi connectivity index (χ1v) is 8.32. The van der Waals surface area contributed by atoms with E-state index in [-0.39, 0.29) is 0 Å². The normalized spacial score (nSPS) is 28.5. The summed E-state index contributed by atoms with van der Waals surface area (Å²) in [6.07, 6.45) is 7.04. The van der Waals surface area contributed by atoms with E-state index in [4.69, 9.17) is 0 Å². The van der Waals surface area contributed by atoms with Gasteiger partial charge in [-0.05, 0) is 68.1 Å². The second-order valence-electron chi connectivity index (χ2n) is 5.86. The molecule has 1 nitrogen and oxygen atoms in total. The first kappa shape index (κ1) is 14.1. The molecule has 0 amide bonds. The molecule has 102 valence electrons. The standard InChI is InChI=1S/C16H27NS/c1-4-5-13-6-7-14(11-17-3)15(10-13)16-12(2)8-9-18-16/h8-9,13-15,17H,4-7,10-11H2,1-3H3. The molecular weight excluding hydrogens is 238 g/mol. The summed E-state index contributed by atoms with van der Waals surface area (Å²) in [5, 5.41) is 5.67. The Bertz CT molecular complexity index is 358. The van der Waals surface area contributed by atoms with Crippen molar-refractivity contribution in [2.75, 3.05) is 13.6 Å². The van der Waals surface area contributed by atoms with Crippen LogP contribution in [0, 0.1) is 18.8 Å². The van der Waals surface area contributed by atoms with Gasteiger partial charge in [-0.1, -0.05) is 26.2 Å². The van der Waals surface area contributed by atoms with Gasteiger partial charge in [-0.25, -0.2) is 0 Å². The summed E-state index contributed by atoms with van der Waals surface area (Å²) in [5.74, 6) is 2.62. The highest BCUT2D eigenvalue weighted by Crippen LogP contribution is 2.44. The molecule has 3 unspecified atom stereocenters. The third-order valence-electron chi connectivity index (χ3n) is 4.50. The summed E-state index contributed by atoms with van der Waals surface area (Å²) in [4.78, 5) is 1.66. The Kier molecular flexibility index (Phi) is 5.25. The van der Waals surface area contributed by atoms with Gasteiger partial charge in [0.05, 0.1) is 0 Å². The summed E-state index contributed by atoms with van der Waals surface area (Å²) >= 11 is 1.98. The number of hydrogen-bond donors (Lipinski definition) is 1. The quantitative estimate of drug-likeness (QED) is 0.822. The van der Waals surface area contributed by atoms with Crippen LogP contribution in [0.15, 0.2) is 11.4 Å². The van der Waals surface area contributed by atoms with Crippen LogP contribution in [0.25, 0.3) is 0 Å². The Balaban J connectivity index is 2.12. The fourth-order valence-electron chi connectivity index (χ4n) is 3.58. The molecule has 1 saturated carbocycles. The van der Waals surface area contributed by atoms with E-state index in [2.05, 4.69) is 37.7 Å². The van der Waals surface area contributed by atoms with Crippen LogP contribution in [0.4, 0.5) is 0 Å². The smallest absolute Gasteiger partial charge is 0.0109 e. The predicted molar refractivity (Wildman–Crippen MR) is 81.5 cm³/mol. The average Bonchev–Trinajstić information content (AvgIpc) is 2.78. The highest BCUT2D eigenvalue weighted by atomic mass is 32.1. The number of aryl methyl sites for hydroxylation is 1. The van der Waals surface area contributed by atoms with Gasteiger partial charge in [0, 0.05) is 4.88 Å². The van der Waals surface area contributed by atoms with Gasteiger partial charge < -0.3 is 5.32 Å². The fourth-order valence-corrected chi connectivity index (χ4v) is 4.72. The van der Waals surface area contributed by atoms with E-state index >= 15 is 0 Å². The van der Waals surface area contributed by atoms with Gasteiger partial charge >= 0.3 is 0 Å². The Morgan fingerprint density at radius 1 is 1.39 bits per heavy atom. The molecule has 1 aliphatic carbocycles. The van der Waals surface area contributed by atoms with E-state index in [0.717, 1.165) is 17.8 Å². The monoisotopic (exact) mass is 265 g/mol. The van der Waals surface area contributed by atoms with Crippen LogP contribution in [0.5, 0.6) is 0 Å². The van der Waals surface area contributed by atoms with Gasteiger partial charge in [0.25, 0.3) is 0 Å². The highest BCUT2D eigenvalue weighted by Gasteiger charge is 2.32. The van der Waals surface area contributed by atoms with Crippen molar-refractivity contribution in [2.45, 2.75) is 51.9 Å². The molecule has 1 aromatic rings. The third kappa shape index (κ3) is 3.16. The second kappa shape index (κ2) is 6.72. The molecule has 1 N–H and O–H groups in total. The lowest BCUT2D eigenvalue weighted by atomic mass is 9.71. The maximum absolute atomic E-state index is 3.40. The summed E-state index contributed by atoms with van der Waals surface area (Å²) < 4.78 is 0. The van der Waals surface area contributed by atoms with E-state index < -0.39 is 0 Å². The minimum absolute atomic E-state index is 0.808. The Morgan fingerprint density at radius 2 is 2.22 bits per heavy atom. The van der Waals surface area contributed by atoms with Crippen molar-refractivity contribution in [2.24, 2.45) is 11.8 Å². The molecule has 1 aromatic heterocycles. The number of rotatable bonds is 5. The fraction of sp³-hybridized carbons (Fsp3) is 0.750. The maximum atomic E-state index is 3.40. The molecule has 0 bridgehead atoms. The Morgan fingerprint density at radius 3 is 2.83 bits per heavy atom. The first-order valence-electron chi connectivity index (χ1n) is 7.44. The zero-order valence-electron chi connectivity index (χ0n) is 12.0. The SMILES string of the molecule is CCCC1CCC(CNC)C(c2sccc2C)C1. The van der Waals surface area contributed by atoms with E-state index in [0.29, 0.717) is 0 Å². The van der Waals surface area contributed by atoms with Gasteiger partial charge in [-0.3, -0.25) is 0 Å². The van der Waals surface area contributed by atoms with Gasteiger partial charge in [0.1, 0.15) is 0 Å². The minimum atomic E-state index is 0.808. The van der Waals surface area contributed by atoms with Crippen molar-refractivity contribution in [1.82, 2.24) is 5.32 Å². The molecule has 2 rings (SSSR count). The summed E-state index contributed by atoms with van der Waals surface area (Å²) in [6.45, 7) is 5.79. The van der Waals surface area contributed by atoms with Crippen LogP contribution in [0.3, 0.4) is 0 Å². The molecule has 2 heteroatoms. The van der Waals surface area contributed by atoms with E-state index in [9.17, 15) is 0 Å². The number of nitrogens with one attached hydrogen (secondary N) is 1. The molecule has 0 aromatic carbocycles. The van der Waals surface area contributed by atoms with Crippen LogP contribution >= 0.6 is 11.3 Å². The largest absolute Gasteiger partial charge is 0.319 e. The third-order valence-corrected chi connectivity index (χ3v) is 5.65. The van der Waals surface area contributed by atoms with E-state index in [1.807, 2.05) is 11.3 Å². The van der Waals surface area contributed by atoms with Gasteiger partial charge in [-0.15, -0.1) is 11.3 Å². The lowest BCUT2D eigenvalue weighted by molar-refractivity contribution is 0.225. The lowest BCUT2D eigenvalue weighted by Crippen LogP contribution is -2.30. The number of thiophene rings is 1. The molecule has 0 spiro atoms. The molecule has 3 atom stereocenters. The van der Waals surface area contributed by atoms with Crippen molar-refractivity contribution in [3.63, 3.8) is 0 Å². The molecule has 0 saturated heterocycles. The Hall–Kier alpha value is -0.340. The van der Waals surface area contributed by atoms with Crippen molar-refractivity contribution in [3.8, 4) is 0 Å². The van der Waals surface area contributed by atoms with Crippen LogP contribution in [-0.2, 0) is 0 Å². The zero-order valence-corrected chi connectivity index (χ0v) is 12.9. The molecule has 0 radical (unpaired) electrons. The highest BCUT2D eigenvalue weighted by molar-refractivity contribution is 7.10. The molecule has 18 heavy (non-hydrogen) atoms. The Labute approximate surface area is 116 Å². The van der Waals surface area contributed by atoms with Crippen LogP contribution < -0.4 is 5.32 Å². The van der Waals surface area contributed by atoms with E-state index in [1.165, 1.54) is 44.2 Å². The average molecular weight is 265 g/mol. The predicted octanol–water partition coefficient (Wildman–Crippen LogP) is 4.58. The molecule has 0 aliphatic heterocycles. The summed E-state index contributed by atoms with van der Waals surface area (Å²) in [7, 11) is 2.09. The van der Waals surface area contributed by atoms with Gasteiger partial charge in [-0.2, -0.15) is 0 Å². The minimum Gasteiger partial charge on any atom is -0.319 e. The van der Waals surface area contributed by atoms with Crippen LogP contribution in [0.1, 0.15) is 55.4 Å². The number of hydrogen-bond acceptors (Lipinski definition) is 2. The summed E-state index contributed by atoms with van der Waals surface area (Å²) in [6, 6.07) is 2.29. The maximum Gasteiger partial charge on any atom is 0.0109 e. The molecular formula is C16H27NS. The lowest BCUT2D eigenvalue weighted by Gasteiger charge is -2.36. The van der Waals surface area contributed by atoms with Crippen molar-refractivity contribution in [1.29, 1.82) is 0 Å². The molecule has 1 heterocycles. The van der Waals surface area contributed by atoms with Gasteiger partial charge in [0.2, 0.25) is 0 Å². The summed E-state index contributed by atoms with van der Waals surface area (Å²) in [5.41, 5.74) is 1.52.